The number of fused-ring (bicyclic) bond motifs is 1. The topological polar surface area (TPSA) is 40.6 Å². The molecule has 22 heavy (non-hydrogen) atoms. The Morgan fingerprint density at radius 1 is 1.00 bits per heavy atom. The van der Waals surface area contributed by atoms with E-state index in [-0.39, 0.29) is 5.54 Å². The predicted molar refractivity (Wildman–Crippen MR) is 93.3 cm³/mol. The van der Waals surface area contributed by atoms with Gasteiger partial charge in [-0.15, -0.1) is 11.3 Å². The van der Waals surface area contributed by atoms with Crippen LogP contribution in [0.25, 0.3) is 10.2 Å². The summed E-state index contributed by atoms with van der Waals surface area (Å²) >= 11 is 1.72. The first-order valence-corrected chi connectivity index (χ1v) is 10.6. The number of para-hydroxylation sites is 1. The van der Waals surface area contributed by atoms with Crippen LogP contribution >= 0.6 is 11.3 Å². The van der Waals surface area contributed by atoms with Gasteiger partial charge in [-0.3, -0.25) is 0 Å². The maximum absolute atomic E-state index is 6.07. The Labute approximate surface area is 137 Å². The van der Waals surface area contributed by atoms with Gasteiger partial charge in [0.2, 0.25) is 0 Å². The van der Waals surface area contributed by atoms with Gasteiger partial charge in [-0.05, 0) is 39.3 Å². The van der Waals surface area contributed by atoms with Crippen molar-refractivity contribution in [2.75, 3.05) is 19.8 Å². The minimum atomic E-state index is -2.78. The Bertz CT molecular complexity index is 540. The summed E-state index contributed by atoms with van der Waals surface area (Å²) in [6.07, 6.45) is 0.895. The summed E-state index contributed by atoms with van der Waals surface area (Å²) < 4.78 is 19.4. The minimum absolute atomic E-state index is 0.0877. The molecule has 2 aromatic rings. The lowest BCUT2D eigenvalue weighted by molar-refractivity contribution is 0.0611. The van der Waals surface area contributed by atoms with Crippen LogP contribution in [0.3, 0.4) is 0 Å². The van der Waals surface area contributed by atoms with Crippen molar-refractivity contribution in [3.8, 4) is 0 Å². The van der Waals surface area contributed by atoms with Crippen LogP contribution in [0.5, 0.6) is 0 Å². The first kappa shape index (κ1) is 17.6. The van der Waals surface area contributed by atoms with E-state index >= 15 is 0 Å². The molecule has 1 atom stereocenters. The standard InChI is InChI=1S/C16H25NO3SSi/c1-5-15(22(18-6-2,19-7-3)20-8-4)16-17-13-11-9-10-12-14(13)21-16/h9-12,15H,5-8H2,1-4H3. The maximum atomic E-state index is 6.07. The average molecular weight is 340 g/mol. The summed E-state index contributed by atoms with van der Waals surface area (Å²) in [6.45, 7) is 9.89. The van der Waals surface area contributed by atoms with Crippen molar-refractivity contribution in [2.45, 2.75) is 39.7 Å². The Morgan fingerprint density at radius 3 is 2.09 bits per heavy atom. The normalized spacial score (nSPS) is 13.6. The number of rotatable bonds is 9. The summed E-state index contributed by atoms with van der Waals surface area (Å²) in [4.78, 5) is 4.81. The van der Waals surface area contributed by atoms with Gasteiger partial charge < -0.3 is 13.3 Å². The molecular formula is C16H25NO3SSi. The van der Waals surface area contributed by atoms with Gasteiger partial charge >= 0.3 is 8.80 Å². The molecule has 1 unspecified atom stereocenters. The van der Waals surface area contributed by atoms with Gasteiger partial charge in [-0.25, -0.2) is 4.98 Å². The molecule has 0 aliphatic carbocycles. The highest BCUT2D eigenvalue weighted by Crippen LogP contribution is 2.37. The van der Waals surface area contributed by atoms with E-state index in [1.807, 2.05) is 39.0 Å². The molecule has 1 aromatic heterocycles. The van der Waals surface area contributed by atoms with Crippen LogP contribution in [0.1, 0.15) is 44.7 Å². The second-order valence-electron chi connectivity index (χ2n) is 4.88. The molecule has 0 saturated carbocycles. The molecule has 0 spiro atoms. The van der Waals surface area contributed by atoms with Gasteiger partial charge in [0.25, 0.3) is 0 Å². The summed E-state index contributed by atoms with van der Waals surface area (Å²) in [7, 11) is -2.78. The molecule has 0 aliphatic rings. The molecule has 2 rings (SSSR count). The molecule has 0 N–H and O–H groups in total. The average Bonchev–Trinajstić information content (AvgIpc) is 2.92. The van der Waals surface area contributed by atoms with E-state index in [1.165, 1.54) is 4.70 Å². The molecule has 0 amide bonds. The molecule has 0 radical (unpaired) electrons. The number of benzene rings is 1. The fraction of sp³-hybridized carbons (Fsp3) is 0.562. The van der Waals surface area contributed by atoms with Crippen molar-refractivity contribution < 1.29 is 13.3 Å². The first-order valence-electron chi connectivity index (χ1n) is 7.98. The van der Waals surface area contributed by atoms with Crippen LogP contribution in [0.15, 0.2) is 24.3 Å². The lowest BCUT2D eigenvalue weighted by Crippen LogP contribution is -2.51. The molecule has 1 heterocycles. The van der Waals surface area contributed by atoms with Gasteiger partial charge in [0.1, 0.15) is 5.01 Å². The van der Waals surface area contributed by atoms with Crippen LogP contribution in [0, 0.1) is 0 Å². The molecule has 0 aliphatic heterocycles. The van der Waals surface area contributed by atoms with Crippen LogP contribution in [0.2, 0.25) is 0 Å². The number of aromatic nitrogens is 1. The highest BCUT2D eigenvalue weighted by molar-refractivity contribution is 7.19. The van der Waals surface area contributed by atoms with Crippen molar-refractivity contribution in [3.05, 3.63) is 29.3 Å². The number of hydrogen-bond acceptors (Lipinski definition) is 5. The highest BCUT2D eigenvalue weighted by Gasteiger charge is 2.50. The maximum Gasteiger partial charge on any atom is 0.511 e. The van der Waals surface area contributed by atoms with Crippen molar-refractivity contribution >= 4 is 30.4 Å². The van der Waals surface area contributed by atoms with Crippen LogP contribution in [0.4, 0.5) is 0 Å². The molecular weight excluding hydrogens is 314 g/mol. The van der Waals surface area contributed by atoms with E-state index in [4.69, 9.17) is 18.3 Å². The van der Waals surface area contributed by atoms with Gasteiger partial charge in [0.05, 0.1) is 15.8 Å². The van der Waals surface area contributed by atoms with E-state index in [9.17, 15) is 0 Å². The van der Waals surface area contributed by atoms with Gasteiger partial charge in [-0.2, -0.15) is 0 Å². The Hall–Kier alpha value is -0.793. The lowest BCUT2D eigenvalue weighted by atomic mass is 10.3. The quantitative estimate of drug-likeness (QED) is 0.636. The molecule has 122 valence electrons. The Morgan fingerprint density at radius 2 is 1.59 bits per heavy atom. The van der Waals surface area contributed by atoms with Crippen molar-refractivity contribution in [2.24, 2.45) is 0 Å². The zero-order valence-corrected chi connectivity index (χ0v) is 15.6. The molecule has 1 aromatic carbocycles. The molecule has 4 nitrogen and oxygen atoms in total. The summed E-state index contributed by atoms with van der Waals surface area (Å²) in [5.41, 5.74) is 1.12. The number of hydrogen-bond donors (Lipinski definition) is 0. The third kappa shape index (κ3) is 3.57. The Balaban J connectivity index is 2.44. The van der Waals surface area contributed by atoms with Crippen LogP contribution in [-0.4, -0.2) is 33.6 Å². The van der Waals surface area contributed by atoms with E-state index in [1.54, 1.807) is 11.3 Å². The Kier molecular flexibility index (Phi) is 6.52. The SMILES string of the molecule is CCO[Si](OCC)(OCC)C(CC)c1nc2ccccc2s1. The third-order valence-corrected chi connectivity index (χ3v) is 8.45. The third-order valence-electron chi connectivity index (χ3n) is 3.48. The summed E-state index contributed by atoms with van der Waals surface area (Å²) in [6, 6.07) is 8.22. The fourth-order valence-corrected chi connectivity index (χ4v) is 7.23. The van der Waals surface area contributed by atoms with Gasteiger partial charge in [0, 0.05) is 19.8 Å². The van der Waals surface area contributed by atoms with E-state index < -0.39 is 8.80 Å². The second kappa shape index (κ2) is 8.17. The molecule has 0 fully saturated rings. The van der Waals surface area contributed by atoms with Crippen LogP contribution < -0.4 is 0 Å². The smallest absolute Gasteiger partial charge is 0.373 e. The fourth-order valence-electron chi connectivity index (χ4n) is 2.65. The molecule has 0 bridgehead atoms. The zero-order chi connectivity index (χ0) is 16.0. The van der Waals surface area contributed by atoms with E-state index in [0.29, 0.717) is 19.8 Å². The van der Waals surface area contributed by atoms with Crippen molar-refractivity contribution in [3.63, 3.8) is 0 Å². The minimum Gasteiger partial charge on any atom is -0.373 e. The monoisotopic (exact) mass is 339 g/mol. The van der Waals surface area contributed by atoms with E-state index in [0.717, 1.165) is 16.9 Å². The first-order chi connectivity index (χ1) is 10.7. The highest BCUT2D eigenvalue weighted by atomic mass is 32.1. The number of nitrogens with zero attached hydrogens (tertiary/aromatic N) is 1. The predicted octanol–water partition coefficient (Wildman–Crippen LogP) is 4.38. The summed E-state index contributed by atoms with van der Waals surface area (Å²) in [5.74, 6) is 0. The zero-order valence-electron chi connectivity index (χ0n) is 13.8. The largest absolute Gasteiger partial charge is 0.511 e. The lowest BCUT2D eigenvalue weighted by Gasteiger charge is -2.33. The second-order valence-corrected chi connectivity index (χ2v) is 8.72. The van der Waals surface area contributed by atoms with Crippen molar-refractivity contribution in [1.82, 2.24) is 4.98 Å². The molecule has 0 saturated heterocycles. The molecule has 6 heteroatoms. The summed E-state index contributed by atoms with van der Waals surface area (Å²) in [5, 5.41) is 1.06. The van der Waals surface area contributed by atoms with Gasteiger partial charge in [-0.1, -0.05) is 19.1 Å². The van der Waals surface area contributed by atoms with Crippen molar-refractivity contribution in [1.29, 1.82) is 0 Å². The number of thiazole rings is 1. The van der Waals surface area contributed by atoms with Gasteiger partial charge in [0.15, 0.2) is 0 Å². The van der Waals surface area contributed by atoms with Crippen LogP contribution in [-0.2, 0) is 13.3 Å². The van der Waals surface area contributed by atoms with E-state index in [2.05, 4.69) is 13.0 Å².